The molecule has 5 nitrogen and oxygen atoms in total. The van der Waals surface area contributed by atoms with Crippen molar-refractivity contribution in [3.05, 3.63) is 0 Å². The van der Waals surface area contributed by atoms with Crippen LogP contribution in [0.2, 0.25) is 0 Å². The van der Waals surface area contributed by atoms with Gasteiger partial charge in [0.25, 0.3) is 0 Å². The SMILES string of the molecule is CC1CCCC(C)N1N/C(N)=N/N. The average Bonchev–Trinajstić information content (AvgIpc) is 2.11. The van der Waals surface area contributed by atoms with Gasteiger partial charge in [-0.2, -0.15) is 0 Å². The van der Waals surface area contributed by atoms with Crippen molar-refractivity contribution >= 4 is 5.96 Å². The summed E-state index contributed by atoms with van der Waals surface area (Å²) in [6.45, 7) is 4.35. The molecular formula is C8H19N5. The quantitative estimate of drug-likeness (QED) is 0.231. The predicted molar refractivity (Wildman–Crippen MR) is 53.6 cm³/mol. The Balaban J connectivity index is 2.53. The standard InChI is InChI=1S/C8H19N5/c1-6-4-3-5-7(2)13(6)12-8(9)11-10/h6-7H,3-5,10H2,1-2H3,(H3,9,11,12). The second-order valence-electron chi connectivity index (χ2n) is 3.66. The smallest absolute Gasteiger partial charge is 0.225 e. The van der Waals surface area contributed by atoms with Gasteiger partial charge in [0.15, 0.2) is 0 Å². The number of hydrazine groups is 1. The van der Waals surface area contributed by atoms with Crippen LogP contribution >= 0.6 is 0 Å². The van der Waals surface area contributed by atoms with E-state index in [0.717, 1.165) is 0 Å². The van der Waals surface area contributed by atoms with E-state index in [1.54, 1.807) is 0 Å². The first-order valence-corrected chi connectivity index (χ1v) is 4.73. The van der Waals surface area contributed by atoms with Gasteiger partial charge in [-0.05, 0) is 26.7 Å². The van der Waals surface area contributed by atoms with E-state index in [1.807, 2.05) is 0 Å². The summed E-state index contributed by atoms with van der Waals surface area (Å²) in [7, 11) is 0. The van der Waals surface area contributed by atoms with E-state index in [1.165, 1.54) is 19.3 Å². The lowest BCUT2D eigenvalue weighted by molar-refractivity contribution is 0.0734. The summed E-state index contributed by atoms with van der Waals surface area (Å²) in [4.78, 5) is 0. The highest BCUT2D eigenvalue weighted by Crippen LogP contribution is 2.19. The fourth-order valence-corrected chi connectivity index (χ4v) is 1.80. The lowest BCUT2D eigenvalue weighted by Gasteiger charge is -2.38. The van der Waals surface area contributed by atoms with Gasteiger partial charge in [-0.1, -0.05) is 6.42 Å². The van der Waals surface area contributed by atoms with E-state index in [9.17, 15) is 0 Å². The molecule has 1 rings (SSSR count). The summed E-state index contributed by atoms with van der Waals surface area (Å²) in [5.41, 5.74) is 8.50. The molecule has 0 aliphatic carbocycles. The van der Waals surface area contributed by atoms with E-state index >= 15 is 0 Å². The van der Waals surface area contributed by atoms with Gasteiger partial charge in [-0.15, -0.1) is 5.10 Å². The first-order chi connectivity index (χ1) is 6.15. The van der Waals surface area contributed by atoms with Gasteiger partial charge < -0.3 is 11.6 Å². The molecule has 76 valence electrons. The van der Waals surface area contributed by atoms with Crippen molar-refractivity contribution in [2.75, 3.05) is 0 Å². The van der Waals surface area contributed by atoms with Crippen LogP contribution in [0.5, 0.6) is 0 Å². The molecule has 0 amide bonds. The second kappa shape index (κ2) is 4.32. The monoisotopic (exact) mass is 185 g/mol. The van der Waals surface area contributed by atoms with Crippen LogP contribution in [0.4, 0.5) is 0 Å². The summed E-state index contributed by atoms with van der Waals surface area (Å²) in [6, 6.07) is 0.980. The molecule has 1 aliphatic rings. The number of nitrogens with zero attached hydrogens (tertiary/aromatic N) is 2. The first-order valence-electron chi connectivity index (χ1n) is 4.73. The Morgan fingerprint density at radius 3 is 2.38 bits per heavy atom. The Labute approximate surface area is 79.1 Å². The zero-order valence-corrected chi connectivity index (χ0v) is 8.33. The minimum Gasteiger partial charge on any atom is -0.367 e. The molecule has 0 aromatic rings. The van der Waals surface area contributed by atoms with Crippen molar-refractivity contribution < 1.29 is 0 Å². The van der Waals surface area contributed by atoms with Crippen molar-refractivity contribution in [2.24, 2.45) is 16.7 Å². The van der Waals surface area contributed by atoms with E-state index in [2.05, 4.69) is 29.4 Å². The summed E-state index contributed by atoms with van der Waals surface area (Å²) in [5.74, 6) is 5.33. The molecule has 0 spiro atoms. The molecule has 1 saturated heterocycles. The molecule has 2 atom stereocenters. The third kappa shape index (κ3) is 2.48. The lowest BCUT2D eigenvalue weighted by atomic mass is 10.00. The maximum atomic E-state index is 5.50. The van der Waals surface area contributed by atoms with Gasteiger partial charge >= 0.3 is 0 Å². The summed E-state index contributed by atoms with van der Waals surface area (Å²) in [6.07, 6.45) is 3.66. The van der Waals surface area contributed by atoms with Gasteiger partial charge in [0.2, 0.25) is 5.96 Å². The topological polar surface area (TPSA) is 79.7 Å². The zero-order valence-electron chi connectivity index (χ0n) is 8.33. The Bertz CT molecular complexity index is 181. The number of hydrogen-bond acceptors (Lipinski definition) is 3. The van der Waals surface area contributed by atoms with Gasteiger partial charge in [0, 0.05) is 12.1 Å². The average molecular weight is 185 g/mol. The van der Waals surface area contributed by atoms with Crippen LogP contribution in [0.3, 0.4) is 0 Å². The molecule has 5 N–H and O–H groups in total. The van der Waals surface area contributed by atoms with E-state index in [0.29, 0.717) is 12.1 Å². The van der Waals surface area contributed by atoms with Gasteiger partial charge in [0.05, 0.1) is 0 Å². The number of nitrogens with two attached hydrogens (primary N) is 2. The summed E-state index contributed by atoms with van der Waals surface area (Å²) >= 11 is 0. The number of hydrazone groups is 1. The van der Waals surface area contributed by atoms with E-state index in [-0.39, 0.29) is 5.96 Å². The summed E-state index contributed by atoms with van der Waals surface area (Å²) < 4.78 is 0. The highest BCUT2D eigenvalue weighted by atomic mass is 15.6. The number of nitrogens with one attached hydrogen (secondary N) is 1. The number of rotatable bonds is 1. The highest BCUT2D eigenvalue weighted by Gasteiger charge is 2.24. The minimum atomic E-state index is 0.278. The van der Waals surface area contributed by atoms with Crippen molar-refractivity contribution in [1.82, 2.24) is 10.4 Å². The maximum absolute atomic E-state index is 5.50. The number of hydrogen-bond donors (Lipinski definition) is 3. The van der Waals surface area contributed by atoms with Gasteiger partial charge in [-0.25, -0.2) is 5.01 Å². The van der Waals surface area contributed by atoms with Crippen LogP contribution in [-0.4, -0.2) is 23.1 Å². The molecule has 0 aromatic heterocycles. The largest absolute Gasteiger partial charge is 0.367 e. The predicted octanol–water partition coefficient (Wildman–Crippen LogP) is -0.0577. The zero-order chi connectivity index (χ0) is 9.84. The van der Waals surface area contributed by atoms with Crippen LogP contribution in [0.25, 0.3) is 0 Å². The van der Waals surface area contributed by atoms with Crippen LogP contribution in [0, 0.1) is 0 Å². The Hall–Kier alpha value is -0.970. The van der Waals surface area contributed by atoms with Gasteiger partial charge in [-0.3, -0.25) is 5.43 Å². The number of piperidine rings is 1. The van der Waals surface area contributed by atoms with Crippen LogP contribution in [0.15, 0.2) is 5.10 Å². The second-order valence-corrected chi connectivity index (χ2v) is 3.66. The molecule has 1 heterocycles. The third-order valence-corrected chi connectivity index (χ3v) is 2.58. The molecule has 0 bridgehead atoms. The molecule has 0 aromatic carbocycles. The fourth-order valence-electron chi connectivity index (χ4n) is 1.80. The molecule has 1 fully saturated rings. The molecular weight excluding hydrogens is 166 g/mol. The van der Waals surface area contributed by atoms with Crippen molar-refractivity contribution in [1.29, 1.82) is 0 Å². The van der Waals surface area contributed by atoms with Crippen LogP contribution in [0.1, 0.15) is 33.1 Å². The molecule has 5 heteroatoms. The Morgan fingerprint density at radius 2 is 1.92 bits per heavy atom. The van der Waals surface area contributed by atoms with E-state index < -0.39 is 0 Å². The number of guanidine groups is 1. The van der Waals surface area contributed by atoms with Crippen LogP contribution < -0.4 is 17.0 Å². The van der Waals surface area contributed by atoms with Gasteiger partial charge in [0.1, 0.15) is 0 Å². The molecule has 13 heavy (non-hydrogen) atoms. The maximum Gasteiger partial charge on any atom is 0.225 e. The fraction of sp³-hybridized carbons (Fsp3) is 0.875. The van der Waals surface area contributed by atoms with Crippen molar-refractivity contribution in [3.8, 4) is 0 Å². The van der Waals surface area contributed by atoms with Crippen molar-refractivity contribution in [3.63, 3.8) is 0 Å². The molecule has 2 unspecified atom stereocenters. The molecule has 0 saturated carbocycles. The van der Waals surface area contributed by atoms with Crippen LogP contribution in [-0.2, 0) is 0 Å². The molecule has 1 aliphatic heterocycles. The minimum absolute atomic E-state index is 0.278. The summed E-state index contributed by atoms with van der Waals surface area (Å²) in [5, 5.41) is 5.51. The third-order valence-electron chi connectivity index (χ3n) is 2.58. The normalized spacial score (nSPS) is 31.7. The highest BCUT2D eigenvalue weighted by molar-refractivity contribution is 5.76. The van der Waals surface area contributed by atoms with Crippen molar-refractivity contribution in [2.45, 2.75) is 45.2 Å². The molecule has 0 radical (unpaired) electrons. The Morgan fingerprint density at radius 1 is 1.38 bits per heavy atom. The lowest BCUT2D eigenvalue weighted by Crippen LogP contribution is -2.56. The van der Waals surface area contributed by atoms with E-state index in [4.69, 9.17) is 11.6 Å². The Kier molecular flexibility index (Phi) is 3.36. The first kappa shape index (κ1) is 10.1.